The predicted octanol–water partition coefficient (Wildman–Crippen LogP) is 4.18. The summed E-state index contributed by atoms with van der Waals surface area (Å²) in [7, 11) is 1.56. The first kappa shape index (κ1) is 19.3. The van der Waals surface area contributed by atoms with Crippen LogP contribution in [0.2, 0.25) is 0 Å². The van der Waals surface area contributed by atoms with Crippen molar-refractivity contribution in [3.63, 3.8) is 0 Å². The second kappa shape index (κ2) is 8.57. The number of nitrogens with one attached hydrogen (secondary N) is 1. The normalized spacial score (nSPS) is 10.6. The highest BCUT2D eigenvalue weighted by Gasteiger charge is 2.11. The van der Waals surface area contributed by atoms with Gasteiger partial charge in [0.2, 0.25) is 11.7 Å². The summed E-state index contributed by atoms with van der Waals surface area (Å²) in [4.78, 5) is 20.2. The molecule has 0 fully saturated rings. The summed E-state index contributed by atoms with van der Waals surface area (Å²) in [6, 6.07) is 18.8. The molecular weight excluding hydrogens is 380 g/mol. The summed E-state index contributed by atoms with van der Waals surface area (Å²) in [5.74, 6) is 2.06. The van der Waals surface area contributed by atoms with Crippen molar-refractivity contribution in [2.45, 2.75) is 13.3 Å². The molecule has 4 aromatic rings. The fraction of sp³-hybridized carbons (Fsp3) is 0.130. The Bertz CT molecular complexity index is 1170. The lowest BCUT2D eigenvalue weighted by molar-refractivity contribution is 0.0958. The molecule has 2 heterocycles. The maximum Gasteiger partial charge on any atom is 0.269 e. The van der Waals surface area contributed by atoms with E-state index in [1.807, 2.05) is 55.5 Å². The Kier molecular flexibility index (Phi) is 5.52. The van der Waals surface area contributed by atoms with E-state index >= 15 is 0 Å². The van der Waals surface area contributed by atoms with Crippen LogP contribution in [0.4, 0.5) is 0 Å². The number of pyridine rings is 1. The van der Waals surface area contributed by atoms with Crippen LogP contribution in [-0.2, 0) is 6.42 Å². The van der Waals surface area contributed by atoms with Gasteiger partial charge in [0.25, 0.3) is 5.91 Å². The highest BCUT2D eigenvalue weighted by Crippen LogP contribution is 2.24. The highest BCUT2D eigenvalue weighted by atomic mass is 16.5. The summed E-state index contributed by atoms with van der Waals surface area (Å²) >= 11 is 0. The third kappa shape index (κ3) is 4.35. The number of nitrogens with zero attached hydrogens (tertiary/aromatic N) is 3. The minimum atomic E-state index is -0.263. The number of ether oxygens (including phenoxy) is 1. The molecule has 30 heavy (non-hydrogen) atoms. The molecule has 4 rings (SSSR count). The highest BCUT2D eigenvalue weighted by molar-refractivity contribution is 5.92. The van der Waals surface area contributed by atoms with Gasteiger partial charge in [-0.15, -0.1) is 0 Å². The molecule has 0 atom stereocenters. The molecule has 0 aliphatic heterocycles. The van der Waals surface area contributed by atoms with Crippen LogP contribution in [-0.4, -0.2) is 28.1 Å². The van der Waals surface area contributed by atoms with E-state index in [4.69, 9.17) is 9.26 Å². The number of aromatic nitrogens is 3. The number of amides is 1. The molecule has 1 amide bonds. The van der Waals surface area contributed by atoms with Gasteiger partial charge in [-0.25, -0.2) is 0 Å². The Morgan fingerprint density at radius 1 is 1.07 bits per heavy atom. The van der Waals surface area contributed by atoms with Crippen molar-refractivity contribution < 1.29 is 14.1 Å². The van der Waals surface area contributed by atoms with E-state index in [1.54, 1.807) is 19.2 Å². The van der Waals surface area contributed by atoms with Crippen molar-refractivity contribution in [2.24, 2.45) is 0 Å². The molecular formula is C23H20N4O3. The van der Waals surface area contributed by atoms with Crippen molar-refractivity contribution >= 4 is 5.91 Å². The molecule has 2 aromatic heterocycles. The van der Waals surface area contributed by atoms with E-state index in [9.17, 15) is 4.79 Å². The smallest absolute Gasteiger partial charge is 0.269 e. The third-order valence-electron chi connectivity index (χ3n) is 4.56. The molecule has 0 aliphatic carbocycles. The summed E-state index contributed by atoms with van der Waals surface area (Å²) in [6.07, 6.45) is 2.06. The summed E-state index contributed by atoms with van der Waals surface area (Å²) in [6.45, 7) is 2.02. The second-order valence-corrected chi connectivity index (χ2v) is 6.71. The van der Waals surface area contributed by atoms with Gasteiger partial charge in [-0.3, -0.25) is 9.78 Å². The Hall–Kier alpha value is -4.00. The van der Waals surface area contributed by atoms with Crippen LogP contribution in [0, 0.1) is 6.92 Å². The van der Waals surface area contributed by atoms with Gasteiger partial charge in [0.1, 0.15) is 17.2 Å². The van der Waals surface area contributed by atoms with Crippen molar-refractivity contribution in [1.82, 2.24) is 20.4 Å². The molecule has 0 saturated carbocycles. The zero-order valence-corrected chi connectivity index (χ0v) is 16.6. The molecule has 0 bridgehead atoms. The van der Waals surface area contributed by atoms with Gasteiger partial charge in [0, 0.05) is 24.9 Å². The summed E-state index contributed by atoms with van der Waals surface area (Å²) < 4.78 is 11.2. The Labute approximate surface area is 173 Å². The van der Waals surface area contributed by atoms with Crippen molar-refractivity contribution in [3.05, 3.63) is 89.6 Å². The van der Waals surface area contributed by atoms with E-state index in [0.717, 1.165) is 16.7 Å². The topological polar surface area (TPSA) is 90.1 Å². The Balaban J connectivity index is 1.43. The first-order valence-corrected chi connectivity index (χ1v) is 9.46. The number of carbonyl (C=O) groups is 1. The largest absolute Gasteiger partial charge is 0.457 e. The van der Waals surface area contributed by atoms with Gasteiger partial charge in [-0.05, 0) is 36.2 Å². The van der Waals surface area contributed by atoms with Gasteiger partial charge >= 0.3 is 0 Å². The molecule has 0 saturated heterocycles. The van der Waals surface area contributed by atoms with Crippen LogP contribution < -0.4 is 10.1 Å². The Morgan fingerprint density at radius 3 is 2.63 bits per heavy atom. The average molecular weight is 400 g/mol. The molecule has 0 radical (unpaired) electrons. The lowest BCUT2D eigenvalue weighted by atomic mass is 10.1. The lowest BCUT2D eigenvalue weighted by Gasteiger charge is -2.07. The number of hydrogen-bond donors (Lipinski definition) is 1. The van der Waals surface area contributed by atoms with Gasteiger partial charge in [-0.2, -0.15) is 4.98 Å². The zero-order chi connectivity index (χ0) is 20.9. The standard InChI is InChI=1S/C23H20N4O3/c1-15-5-3-4-6-19(15)22-26-21(30-27-22)13-16-7-9-17(10-8-16)29-18-11-12-25-20(14-18)23(28)24-2/h3-12,14H,13H2,1-2H3,(H,24,28). The van der Waals surface area contributed by atoms with E-state index in [2.05, 4.69) is 20.4 Å². The van der Waals surface area contributed by atoms with E-state index in [-0.39, 0.29) is 5.91 Å². The van der Waals surface area contributed by atoms with E-state index in [1.165, 1.54) is 6.20 Å². The van der Waals surface area contributed by atoms with Crippen LogP contribution >= 0.6 is 0 Å². The number of benzene rings is 2. The van der Waals surface area contributed by atoms with E-state index < -0.39 is 0 Å². The Morgan fingerprint density at radius 2 is 1.87 bits per heavy atom. The minimum Gasteiger partial charge on any atom is -0.457 e. The first-order valence-electron chi connectivity index (χ1n) is 9.46. The van der Waals surface area contributed by atoms with Crippen molar-refractivity contribution in [1.29, 1.82) is 0 Å². The molecule has 7 heteroatoms. The third-order valence-corrected chi connectivity index (χ3v) is 4.56. The molecule has 0 spiro atoms. The van der Waals surface area contributed by atoms with Crippen LogP contribution in [0.3, 0.4) is 0 Å². The molecule has 7 nitrogen and oxygen atoms in total. The quantitative estimate of drug-likeness (QED) is 0.522. The van der Waals surface area contributed by atoms with Crippen LogP contribution in [0.1, 0.15) is 27.5 Å². The van der Waals surface area contributed by atoms with Gasteiger partial charge in [0.05, 0.1) is 6.42 Å². The molecule has 0 aliphatic rings. The monoisotopic (exact) mass is 400 g/mol. The van der Waals surface area contributed by atoms with Gasteiger partial charge in [0.15, 0.2) is 0 Å². The van der Waals surface area contributed by atoms with Gasteiger partial charge < -0.3 is 14.6 Å². The van der Waals surface area contributed by atoms with E-state index in [0.29, 0.717) is 35.3 Å². The van der Waals surface area contributed by atoms with Crippen LogP contribution in [0.15, 0.2) is 71.4 Å². The van der Waals surface area contributed by atoms with Crippen molar-refractivity contribution in [3.8, 4) is 22.9 Å². The molecule has 150 valence electrons. The number of rotatable bonds is 6. The summed E-state index contributed by atoms with van der Waals surface area (Å²) in [5, 5.41) is 6.64. The maximum absolute atomic E-state index is 11.7. The molecule has 2 aromatic carbocycles. The first-order chi connectivity index (χ1) is 14.6. The van der Waals surface area contributed by atoms with Gasteiger partial charge in [-0.1, -0.05) is 41.6 Å². The summed E-state index contributed by atoms with van der Waals surface area (Å²) in [5.41, 5.74) is 3.38. The molecule has 0 unspecified atom stereocenters. The van der Waals surface area contributed by atoms with Crippen LogP contribution in [0.5, 0.6) is 11.5 Å². The predicted molar refractivity (Wildman–Crippen MR) is 111 cm³/mol. The number of carbonyl (C=O) groups excluding carboxylic acids is 1. The fourth-order valence-corrected chi connectivity index (χ4v) is 2.97. The zero-order valence-electron chi connectivity index (χ0n) is 16.6. The second-order valence-electron chi connectivity index (χ2n) is 6.71. The maximum atomic E-state index is 11.7. The fourth-order valence-electron chi connectivity index (χ4n) is 2.97. The lowest BCUT2D eigenvalue weighted by Crippen LogP contribution is -2.18. The number of hydrogen-bond acceptors (Lipinski definition) is 6. The minimum absolute atomic E-state index is 0.263. The van der Waals surface area contributed by atoms with Crippen molar-refractivity contribution in [2.75, 3.05) is 7.05 Å². The molecule has 1 N–H and O–H groups in total. The number of aryl methyl sites for hydroxylation is 1. The van der Waals surface area contributed by atoms with Crippen LogP contribution in [0.25, 0.3) is 11.4 Å². The SMILES string of the molecule is CNC(=O)c1cc(Oc2ccc(Cc3nc(-c4ccccc4C)no3)cc2)ccn1. The average Bonchev–Trinajstić information content (AvgIpc) is 3.23.